The van der Waals surface area contributed by atoms with E-state index >= 15 is 0 Å². The second-order valence-corrected chi connectivity index (χ2v) is 4.13. The first-order chi connectivity index (χ1) is 9.54. The van der Waals surface area contributed by atoms with E-state index in [1.807, 2.05) is 6.08 Å². The summed E-state index contributed by atoms with van der Waals surface area (Å²) in [4.78, 5) is 38.5. The number of oxime groups is 1. The van der Waals surface area contributed by atoms with E-state index in [4.69, 9.17) is 4.74 Å². The Bertz CT molecular complexity index is 454. The molecule has 7 heteroatoms. The lowest BCUT2D eigenvalue weighted by Crippen LogP contribution is -2.36. The molecule has 0 atom stereocenters. The van der Waals surface area contributed by atoms with Crippen LogP contribution in [0.2, 0.25) is 0 Å². The Labute approximate surface area is 117 Å². The number of allylic oxidation sites excluding steroid dienone is 1. The van der Waals surface area contributed by atoms with Crippen molar-refractivity contribution in [1.29, 1.82) is 0 Å². The van der Waals surface area contributed by atoms with Gasteiger partial charge in [-0.05, 0) is 31.8 Å². The van der Waals surface area contributed by atoms with Crippen molar-refractivity contribution in [3.8, 4) is 0 Å². The second-order valence-electron chi connectivity index (χ2n) is 4.13. The van der Waals surface area contributed by atoms with Gasteiger partial charge in [0, 0.05) is 6.92 Å². The quantitative estimate of drug-likeness (QED) is 0.335. The number of hydrogen-bond acceptors (Lipinski definition) is 6. The fourth-order valence-corrected chi connectivity index (χ4v) is 1.69. The van der Waals surface area contributed by atoms with Gasteiger partial charge in [0.2, 0.25) is 0 Å². The highest BCUT2D eigenvalue weighted by Gasteiger charge is 2.21. The van der Waals surface area contributed by atoms with Gasteiger partial charge in [0.05, 0.1) is 6.61 Å². The predicted molar refractivity (Wildman–Crippen MR) is 70.8 cm³/mol. The van der Waals surface area contributed by atoms with Crippen LogP contribution in [-0.2, 0) is 24.0 Å². The van der Waals surface area contributed by atoms with Crippen LogP contribution in [0.1, 0.15) is 33.1 Å². The summed E-state index contributed by atoms with van der Waals surface area (Å²) in [5.74, 6) is -1.71. The Morgan fingerprint density at radius 2 is 2.15 bits per heavy atom. The highest BCUT2D eigenvalue weighted by atomic mass is 16.7. The molecule has 0 saturated heterocycles. The molecule has 110 valence electrons. The van der Waals surface area contributed by atoms with E-state index in [1.54, 1.807) is 6.92 Å². The van der Waals surface area contributed by atoms with Gasteiger partial charge >= 0.3 is 11.9 Å². The smallest absolute Gasteiger partial charge is 0.332 e. The molecule has 0 bridgehead atoms. The first-order valence-corrected chi connectivity index (χ1v) is 6.43. The zero-order chi connectivity index (χ0) is 15.0. The molecule has 7 nitrogen and oxygen atoms in total. The van der Waals surface area contributed by atoms with Gasteiger partial charge in [-0.1, -0.05) is 11.2 Å². The van der Waals surface area contributed by atoms with Crippen LogP contribution in [-0.4, -0.2) is 36.7 Å². The van der Waals surface area contributed by atoms with E-state index in [0.717, 1.165) is 12.8 Å². The Hall–Kier alpha value is -2.18. The molecule has 0 aromatic rings. The fourth-order valence-electron chi connectivity index (χ4n) is 1.69. The Morgan fingerprint density at radius 3 is 2.70 bits per heavy atom. The maximum Gasteiger partial charge on any atom is 0.332 e. The third kappa shape index (κ3) is 5.21. The van der Waals surface area contributed by atoms with E-state index < -0.39 is 17.8 Å². The molecular formula is C13H18N2O5. The van der Waals surface area contributed by atoms with E-state index in [0.29, 0.717) is 12.0 Å². The van der Waals surface area contributed by atoms with E-state index in [-0.39, 0.29) is 18.9 Å². The number of nitrogens with one attached hydrogen (secondary N) is 1. The van der Waals surface area contributed by atoms with Crippen LogP contribution >= 0.6 is 0 Å². The number of carbonyl (C=O) groups is 3. The van der Waals surface area contributed by atoms with Crippen molar-refractivity contribution in [1.82, 2.24) is 5.32 Å². The number of nitrogens with zero attached hydrogens (tertiary/aromatic N) is 1. The van der Waals surface area contributed by atoms with Gasteiger partial charge < -0.3 is 14.9 Å². The zero-order valence-corrected chi connectivity index (χ0v) is 11.6. The third-order valence-corrected chi connectivity index (χ3v) is 2.52. The van der Waals surface area contributed by atoms with E-state index in [1.165, 1.54) is 6.92 Å². The van der Waals surface area contributed by atoms with Crippen molar-refractivity contribution in [3.05, 3.63) is 11.6 Å². The largest absolute Gasteiger partial charge is 0.465 e. The summed E-state index contributed by atoms with van der Waals surface area (Å²) in [5.41, 5.74) is 0.745. The van der Waals surface area contributed by atoms with Crippen LogP contribution in [0.15, 0.2) is 16.8 Å². The van der Waals surface area contributed by atoms with Crippen LogP contribution < -0.4 is 5.32 Å². The minimum absolute atomic E-state index is 0.0296. The molecule has 1 rings (SSSR count). The SMILES string of the molecule is CCOC(=O)CNC(=O)/C(=N/OC(C)=O)C1=CCCC1. The molecule has 0 radical (unpaired) electrons. The van der Waals surface area contributed by atoms with Crippen LogP contribution in [0.25, 0.3) is 0 Å². The van der Waals surface area contributed by atoms with Crippen molar-refractivity contribution < 1.29 is 24.0 Å². The summed E-state index contributed by atoms with van der Waals surface area (Å²) < 4.78 is 4.70. The molecule has 1 N–H and O–H groups in total. The number of carbonyl (C=O) groups excluding carboxylic acids is 3. The molecule has 20 heavy (non-hydrogen) atoms. The molecule has 0 aliphatic heterocycles. The van der Waals surface area contributed by atoms with Gasteiger partial charge in [-0.25, -0.2) is 4.79 Å². The van der Waals surface area contributed by atoms with Crippen molar-refractivity contribution in [2.24, 2.45) is 5.16 Å². The minimum atomic E-state index is -0.612. The van der Waals surface area contributed by atoms with E-state index in [9.17, 15) is 14.4 Å². The molecule has 0 fully saturated rings. The van der Waals surface area contributed by atoms with Crippen LogP contribution in [0, 0.1) is 0 Å². The minimum Gasteiger partial charge on any atom is -0.465 e. The number of rotatable bonds is 6. The van der Waals surface area contributed by atoms with E-state index in [2.05, 4.69) is 15.3 Å². The lowest BCUT2D eigenvalue weighted by molar-refractivity contribution is -0.143. The van der Waals surface area contributed by atoms with Gasteiger partial charge in [-0.2, -0.15) is 0 Å². The number of esters is 1. The summed E-state index contributed by atoms with van der Waals surface area (Å²) in [6, 6.07) is 0. The monoisotopic (exact) mass is 282 g/mol. The fraction of sp³-hybridized carbons (Fsp3) is 0.538. The maximum absolute atomic E-state index is 12.0. The van der Waals surface area contributed by atoms with Gasteiger partial charge in [-0.3, -0.25) is 9.59 Å². The van der Waals surface area contributed by atoms with Gasteiger partial charge in [0.1, 0.15) is 6.54 Å². The van der Waals surface area contributed by atoms with Gasteiger partial charge in [0.25, 0.3) is 5.91 Å². The molecule has 1 aliphatic carbocycles. The summed E-state index contributed by atoms with van der Waals surface area (Å²) in [6.45, 7) is 2.87. The topological polar surface area (TPSA) is 94.1 Å². The van der Waals surface area contributed by atoms with Crippen molar-refractivity contribution in [3.63, 3.8) is 0 Å². The lowest BCUT2D eigenvalue weighted by atomic mass is 10.1. The van der Waals surface area contributed by atoms with Crippen molar-refractivity contribution >= 4 is 23.6 Å². The van der Waals surface area contributed by atoms with Crippen LogP contribution in [0.4, 0.5) is 0 Å². The van der Waals surface area contributed by atoms with Crippen molar-refractivity contribution in [2.45, 2.75) is 33.1 Å². The molecule has 0 saturated carbocycles. The lowest BCUT2D eigenvalue weighted by Gasteiger charge is -2.08. The Balaban J connectivity index is 2.67. The Kier molecular flexibility index (Phi) is 6.42. The normalized spacial score (nSPS) is 14.5. The molecule has 0 aromatic carbocycles. The molecule has 1 aliphatic rings. The average molecular weight is 282 g/mol. The highest BCUT2D eigenvalue weighted by molar-refractivity contribution is 6.45. The first-order valence-electron chi connectivity index (χ1n) is 6.43. The summed E-state index contributed by atoms with van der Waals surface area (Å²) in [5, 5.41) is 5.96. The Morgan fingerprint density at radius 1 is 1.40 bits per heavy atom. The number of hydrogen-bond donors (Lipinski definition) is 1. The zero-order valence-electron chi connectivity index (χ0n) is 11.6. The standard InChI is InChI=1S/C13H18N2O5/c1-3-19-11(17)8-14-13(18)12(15-20-9(2)16)10-6-4-5-7-10/h6H,3-5,7-8H2,1-2H3,(H,14,18)/b15-12+. The van der Waals surface area contributed by atoms with Crippen LogP contribution in [0.3, 0.4) is 0 Å². The average Bonchev–Trinajstić information content (AvgIpc) is 2.90. The summed E-state index contributed by atoms with van der Waals surface area (Å²) >= 11 is 0. The second kappa shape index (κ2) is 8.08. The molecule has 0 heterocycles. The molecule has 1 amide bonds. The van der Waals surface area contributed by atoms with Gasteiger partial charge in [-0.15, -0.1) is 0 Å². The molecule has 0 unspecified atom stereocenters. The number of amides is 1. The maximum atomic E-state index is 12.0. The molecule has 0 aromatic heterocycles. The molecular weight excluding hydrogens is 264 g/mol. The summed E-state index contributed by atoms with van der Waals surface area (Å²) in [6.07, 6.45) is 4.32. The number of ether oxygens (including phenoxy) is 1. The first kappa shape index (κ1) is 15.9. The van der Waals surface area contributed by atoms with Crippen LogP contribution in [0.5, 0.6) is 0 Å². The van der Waals surface area contributed by atoms with Gasteiger partial charge in [0.15, 0.2) is 5.71 Å². The summed E-state index contributed by atoms with van der Waals surface area (Å²) in [7, 11) is 0. The van der Waals surface area contributed by atoms with Crippen molar-refractivity contribution in [2.75, 3.05) is 13.2 Å². The highest BCUT2D eigenvalue weighted by Crippen LogP contribution is 2.19. The molecule has 0 spiro atoms. The third-order valence-electron chi connectivity index (χ3n) is 2.52. The predicted octanol–water partition coefficient (Wildman–Crippen LogP) is 0.695.